The zero-order chi connectivity index (χ0) is 19.2. The van der Waals surface area contributed by atoms with Crippen molar-refractivity contribution in [1.82, 2.24) is 15.1 Å². The molecule has 0 unspecified atom stereocenters. The zero-order valence-corrected chi connectivity index (χ0v) is 17.3. The number of nitrogens with one attached hydrogen (secondary N) is 1. The first-order valence-corrected chi connectivity index (χ1v) is 11.5. The summed E-state index contributed by atoms with van der Waals surface area (Å²) in [7, 11) is 0. The predicted molar refractivity (Wildman–Crippen MR) is 114 cm³/mol. The fraction of sp³-hybridized carbons (Fsp3) is 0.591. The molecule has 0 atom stereocenters. The minimum atomic E-state index is 0.0350. The third kappa shape index (κ3) is 5.39. The second-order valence-electron chi connectivity index (χ2n) is 8.24. The normalized spacial score (nSPS) is 19.6. The second kappa shape index (κ2) is 9.61. The number of aromatic nitrogens is 2. The average Bonchev–Trinajstić information content (AvgIpc) is 3.19. The summed E-state index contributed by atoms with van der Waals surface area (Å²) in [6.07, 6.45) is 9.79. The van der Waals surface area contributed by atoms with Gasteiger partial charge in [0.15, 0.2) is 0 Å². The summed E-state index contributed by atoms with van der Waals surface area (Å²) >= 11 is 1.56. The number of likely N-dealkylation sites (tertiary alicyclic amines) is 1. The first-order chi connectivity index (χ1) is 13.8. The van der Waals surface area contributed by atoms with Crippen molar-refractivity contribution in [3.63, 3.8) is 0 Å². The molecule has 1 saturated heterocycles. The molecule has 1 aliphatic carbocycles. The standard InChI is InChI=1S/C22H30N4OS/c27-20(23-22-25-24-21(28-22)19-9-5-2-6-10-19)16-26-13-11-18(12-14-26)15-17-7-3-1-4-8-17/h1,3-4,7-8,18-19H,2,5-6,9-16H2,(H,23,25,27). The van der Waals surface area contributed by atoms with E-state index in [9.17, 15) is 4.79 Å². The molecule has 1 aromatic heterocycles. The van der Waals surface area contributed by atoms with Gasteiger partial charge >= 0.3 is 0 Å². The lowest BCUT2D eigenvalue weighted by atomic mass is 9.90. The van der Waals surface area contributed by atoms with Crippen LogP contribution >= 0.6 is 11.3 Å². The summed E-state index contributed by atoms with van der Waals surface area (Å²) in [6.45, 7) is 2.44. The molecular weight excluding hydrogens is 368 g/mol. The minimum absolute atomic E-state index is 0.0350. The first kappa shape index (κ1) is 19.5. The largest absolute Gasteiger partial charge is 0.299 e. The summed E-state index contributed by atoms with van der Waals surface area (Å²) < 4.78 is 0. The molecule has 2 aromatic rings. The highest BCUT2D eigenvalue weighted by Crippen LogP contribution is 2.35. The number of amides is 1. The Morgan fingerprint density at radius 1 is 1.04 bits per heavy atom. The molecule has 0 bridgehead atoms. The van der Waals surface area contributed by atoms with Crippen LogP contribution in [0.5, 0.6) is 0 Å². The molecule has 1 aliphatic heterocycles. The third-order valence-corrected chi connectivity index (χ3v) is 7.08. The molecule has 6 heteroatoms. The molecule has 2 aliphatic rings. The van der Waals surface area contributed by atoms with Gasteiger partial charge in [0.2, 0.25) is 11.0 Å². The minimum Gasteiger partial charge on any atom is -0.299 e. The molecule has 5 nitrogen and oxygen atoms in total. The summed E-state index contributed by atoms with van der Waals surface area (Å²) in [5, 5.41) is 13.2. The van der Waals surface area contributed by atoms with E-state index in [1.54, 1.807) is 11.3 Å². The Bertz CT molecular complexity index is 749. The highest BCUT2D eigenvalue weighted by atomic mass is 32.1. The van der Waals surface area contributed by atoms with Gasteiger partial charge in [0.05, 0.1) is 6.54 Å². The smallest absolute Gasteiger partial charge is 0.240 e. The van der Waals surface area contributed by atoms with Crippen LogP contribution in [0.4, 0.5) is 5.13 Å². The Balaban J connectivity index is 1.20. The van der Waals surface area contributed by atoms with Gasteiger partial charge in [-0.15, -0.1) is 10.2 Å². The summed E-state index contributed by atoms with van der Waals surface area (Å²) in [6, 6.07) is 10.7. The molecule has 0 spiro atoms. The molecule has 1 saturated carbocycles. The lowest BCUT2D eigenvalue weighted by Gasteiger charge is -2.31. The summed E-state index contributed by atoms with van der Waals surface area (Å²) in [5.41, 5.74) is 1.42. The topological polar surface area (TPSA) is 58.1 Å². The van der Waals surface area contributed by atoms with Gasteiger partial charge in [0.25, 0.3) is 0 Å². The fourth-order valence-electron chi connectivity index (χ4n) is 4.46. The Kier molecular flexibility index (Phi) is 6.70. The van der Waals surface area contributed by atoms with Gasteiger partial charge < -0.3 is 0 Å². The average molecular weight is 399 g/mol. The molecule has 1 aromatic carbocycles. The van der Waals surface area contributed by atoms with Crippen LogP contribution in [0.3, 0.4) is 0 Å². The number of carbonyl (C=O) groups is 1. The maximum absolute atomic E-state index is 12.4. The van der Waals surface area contributed by atoms with Crippen molar-refractivity contribution in [3.8, 4) is 0 Å². The van der Waals surface area contributed by atoms with Gasteiger partial charge in [-0.25, -0.2) is 0 Å². The molecule has 150 valence electrons. The zero-order valence-electron chi connectivity index (χ0n) is 16.5. The van der Waals surface area contributed by atoms with Gasteiger partial charge in [-0.3, -0.25) is 15.0 Å². The number of carbonyl (C=O) groups excluding carboxylic acids is 1. The maximum atomic E-state index is 12.4. The lowest BCUT2D eigenvalue weighted by Crippen LogP contribution is -2.39. The van der Waals surface area contributed by atoms with Crippen LogP contribution in [-0.2, 0) is 11.2 Å². The van der Waals surface area contributed by atoms with Crippen molar-refractivity contribution in [2.24, 2.45) is 5.92 Å². The van der Waals surface area contributed by atoms with Crippen LogP contribution in [0, 0.1) is 5.92 Å². The predicted octanol–water partition coefficient (Wildman–Crippen LogP) is 4.48. The number of piperidine rings is 1. The van der Waals surface area contributed by atoms with Gasteiger partial charge in [-0.2, -0.15) is 0 Å². The quantitative estimate of drug-likeness (QED) is 0.779. The van der Waals surface area contributed by atoms with Gasteiger partial charge in [0.1, 0.15) is 5.01 Å². The number of hydrogen-bond acceptors (Lipinski definition) is 5. The summed E-state index contributed by atoms with van der Waals surface area (Å²) in [5.74, 6) is 1.30. The van der Waals surface area contributed by atoms with E-state index < -0.39 is 0 Å². The van der Waals surface area contributed by atoms with Crippen LogP contribution in [0.2, 0.25) is 0 Å². The van der Waals surface area contributed by atoms with E-state index in [4.69, 9.17) is 0 Å². The highest BCUT2D eigenvalue weighted by molar-refractivity contribution is 7.15. The highest BCUT2D eigenvalue weighted by Gasteiger charge is 2.23. The molecule has 28 heavy (non-hydrogen) atoms. The van der Waals surface area contributed by atoms with Crippen LogP contribution in [-0.4, -0.2) is 40.6 Å². The van der Waals surface area contributed by atoms with Crippen molar-refractivity contribution >= 4 is 22.4 Å². The Hall–Kier alpha value is -1.79. The molecule has 2 fully saturated rings. The molecule has 1 amide bonds. The van der Waals surface area contributed by atoms with E-state index >= 15 is 0 Å². The molecular formula is C22H30N4OS. The van der Waals surface area contributed by atoms with E-state index in [1.165, 1.54) is 37.7 Å². The van der Waals surface area contributed by atoms with Gasteiger partial charge in [-0.1, -0.05) is 60.9 Å². The Labute approximate surface area is 171 Å². The van der Waals surface area contributed by atoms with E-state index in [0.717, 1.165) is 43.3 Å². The molecule has 4 rings (SSSR count). The number of nitrogens with zero attached hydrogens (tertiary/aromatic N) is 3. The van der Waals surface area contributed by atoms with Crippen molar-refractivity contribution in [1.29, 1.82) is 0 Å². The second-order valence-corrected chi connectivity index (χ2v) is 9.25. The first-order valence-electron chi connectivity index (χ1n) is 10.7. The number of anilines is 1. The molecule has 1 N–H and O–H groups in total. The van der Waals surface area contributed by atoms with E-state index in [1.807, 2.05) is 0 Å². The third-order valence-electron chi connectivity index (χ3n) is 6.08. The number of hydrogen-bond donors (Lipinski definition) is 1. The number of rotatable bonds is 6. The molecule has 2 heterocycles. The Morgan fingerprint density at radius 3 is 2.54 bits per heavy atom. The monoisotopic (exact) mass is 398 g/mol. The van der Waals surface area contributed by atoms with Crippen LogP contribution in [0.25, 0.3) is 0 Å². The number of benzene rings is 1. The van der Waals surface area contributed by atoms with Gasteiger partial charge in [-0.05, 0) is 56.7 Å². The Morgan fingerprint density at radius 2 is 1.79 bits per heavy atom. The fourth-order valence-corrected chi connectivity index (χ4v) is 5.39. The van der Waals surface area contributed by atoms with Crippen molar-refractivity contribution < 1.29 is 4.79 Å². The SMILES string of the molecule is O=C(CN1CCC(Cc2ccccc2)CC1)Nc1nnc(C2CCCCC2)s1. The van der Waals surface area contributed by atoms with Crippen LogP contribution < -0.4 is 5.32 Å². The van der Waals surface area contributed by atoms with Crippen molar-refractivity contribution in [2.45, 2.75) is 57.3 Å². The van der Waals surface area contributed by atoms with Crippen LogP contribution in [0.15, 0.2) is 30.3 Å². The van der Waals surface area contributed by atoms with Gasteiger partial charge in [0, 0.05) is 5.92 Å². The lowest BCUT2D eigenvalue weighted by molar-refractivity contribution is -0.117. The molecule has 0 radical (unpaired) electrons. The van der Waals surface area contributed by atoms with Crippen molar-refractivity contribution in [2.75, 3.05) is 25.0 Å². The van der Waals surface area contributed by atoms with Crippen LogP contribution in [0.1, 0.15) is 61.4 Å². The summed E-state index contributed by atoms with van der Waals surface area (Å²) in [4.78, 5) is 14.7. The van der Waals surface area contributed by atoms with E-state index in [2.05, 4.69) is 50.7 Å². The maximum Gasteiger partial charge on any atom is 0.240 e. The van der Waals surface area contributed by atoms with Crippen molar-refractivity contribution in [3.05, 3.63) is 40.9 Å². The van der Waals surface area contributed by atoms with E-state index in [-0.39, 0.29) is 5.91 Å². The van der Waals surface area contributed by atoms with E-state index in [0.29, 0.717) is 17.6 Å².